The van der Waals surface area contributed by atoms with E-state index in [-0.39, 0.29) is 11.0 Å². The first-order chi connectivity index (χ1) is 11.4. The van der Waals surface area contributed by atoms with Gasteiger partial charge in [-0.2, -0.15) is 5.10 Å². The Bertz CT molecular complexity index is 709. The van der Waals surface area contributed by atoms with E-state index in [1.54, 1.807) is 10.7 Å². The third-order valence-electron chi connectivity index (χ3n) is 4.54. The fraction of sp³-hybridized carbons (Fsp3) is 0.647. The fourth-order valence-corrected chi connectivity index (χ4v) is 3.01. The molecule has 0 radical (unpaired) electrons. The molecule has 130 valence electrons. The van der Waals surface area contributed by atoms with Gasteiger partial charge in [0.15, 0.2) is 0 Å². The summed E-state index contributed by atoms with van der Waals surface area (Å²) in [5, 5.41) is 12.2. The van der Waals surface area contributed by atoms with Crippen LogP contribution in [0.15, 0.2) is 27.7 Å². The van der Waals surface area contributed by atoms with Crippen LogP contribution in [0.4, 0.5) is 0 Å². The number of hydrogen-bond acceptors (Lipinski definition) is 6. The molecule has 24 heavy (non-hydrogen) atoms. The van der Waals surface area contributed by atoms with Gasteiger partial charge in [-0.05, 0) is 37.9 Å². The molecule has 3 rings (SSSR count). The summed E-state index contributed by atoms with van der Waals surface area (Å²) < 4.78 is 6.84. The smallest absolute Gasteiger partial charge is 0.266 e. The van der Waals surface area contributed by atoms with E-state index < -0.39 is 0 Å². The molecule has 0 aliphatic carbocycles. The maximum absolute atomic E-state index is 12.1. The first-order valence-electron chi connectivity index (χ1n) is 8.48. The van der Waals surface area contributed by atoms with Crippen LogP contribution in [0.3, 0.4) is 0 Å². The maximum Gasteiger partial charge on any atom is 0.266 e. The molecule has 0 N–H and O–H groups in total. The molecule has 2 aromatic rings. The lowest BCUT2D eigenvalue weighted by atomic mass is 9.92. The van der Waals surface area contributed by atoms with Crippen molar-refractivity contribution in [1.29, 1.82) is 0 Å². The summed E-state index contributed by atoms with van der Waals surface area (Å²) in [7, 11) is 0. The van der Waals surface area contributed by atoms with Gasteiger partial charge in [-0.25, -0.2) is 4.68 Å². The number of rotatable bonds is 4. The van der Waals surface area contributed by atoms with Crippen LogP contribution in [-0.2, 0) is 18.5 Å². The second-order valence-corrected chi connectivity index (χ2v) is 7.54. The first kappa shape index (κ1) is 16.8. The van der Waals surface area contributed by atoms with Gasteiger partial charge < -0.3 is 4.42 Å². The first-order valence-corrected chi connectivity index (χ1v) is 8.48. The van der Waals surface area contributed by atoms with Crippen molar-refractivity contribution in [1.82, 2.24) is 24.9 Å². The topological polar surface area (TPSA) is 77.0 Å². The molecule has 3 heterocycles. The van der Waals surface area contributed by atoms with Gasteiger partial charge >= 0.3 is 0 Å². The van der Waals surface area contributed by atoms with E-state index >= 15 is 0 Å². The van der Waals surface area contributed by atoms with Crippen LogP contribution in [0.5, 0.6) is 0 Å². The van der Waals surface area contributed by atoms with Gasteiger partial charge in [0, 0.05) is 18.0 Å². The van der Waals surface area contributed by atoms with Gasteiger partial charge in [0.2, 0.25) is 12.3 Å². The molecule has 2 aromatic heterocycles. The Morgan fingerprint density at radius 3 is 2.62 bits per heavy atom. The third-order valence-corrected chi connectivity index (χ3v) is 4.54. The van der Waals surface area contributed by atoms with Crippen molar-refractivity contribution < 1.29 is 4.42 Å². The summed E-state index contributed by atoms with van der Waals surface area (Å²) in [6.07, 6.45) is 3.45. The molecule has 7 heteroatoms. The van der Waals surface area contributed by atoms with Gasteiger partial charge in [0.25, 0.3) is 5.56 Å². The Balaban J connectivity index is 1.59. The van der Waals surface area contributed by atoms with Crippen LogP contribution in [0, 0.1) is 5.92 Å². The lowest BCUT2D eigenvalue weighted by molar-refractivity contribution is 0.151. The van der Waals surface area contributed by atoms with E-state index in [9.17, 15) is 4.79 Å². The average Bonchev–Trinajstić information content (AvgIpc) is 3.03. The van der Waals surface area contributed by atoms with Gasteiger partial charge in [-0.1, -0.05) is 20.8 Å². The zero-order valence-corrected chi connectivity index (χ0v) is 14.6. The lowest BCUT2D eigenvalue weighted by Gasteiger charge is -2.31. The minimum Gasteiger partial charge on any atom is -0.427 e. The van der Waals surface area contributed by atoms with E-state index in [1.165, 1.54) is 6.39 Å². The summed E-state index contributed by atoms with van der Waals surface area (Å²) in [6.45, 7) is 9.67. The van der Waals surface area contributed by atoms with Crippen molar-refractivity contribution >= 4 is 0 Å². The number of piperidine rings is 1. The average molecular weight is 331 g/mol. The van der Waals surface area contributed by atoms with E-state index in [1.807, 2.05) is 6.07 Å². The second kappa shape index (κ2) is 6.84. The molecule has 0 aromatic carbocycles. The van der Waals surface area contributed by atoms with Crippen molar-refractivity contribution in [3.05, 3.63) is 40.5 Å². The number of likely N-dealkylation sites (tertiary alicyclic amines) is 1. The Morgan fingerprint density at radius 1 is 1.25 bits per heavy atom. The molecule has 0 amide bonds. The molecule has 0 unspecified atom stereocenters. The molecular formula is C17H25N5O2. The van der Waals surface area contributed by atoms with E-state index in [0.29, 0.717) is 24.9 Å². The monoisotopic (exact) mass is 331 g/mol. The second-order valence-electron chi connectivity index (χ2n) is 7.54. The maximum atomic E-state index is 12.1. The highest BCUT2D eigenvalue weighted by Crippen LogP contribution is 2.21. The Hall–Kier alpha value is -2.02. The summed E-state index contributed by atoms with van der Waals surface area (Å²) in [5.74, 6) is 1.13. The summed E-state index contributed by atoms with van der Waals surface area (Å²) in [6, 6.07) is 3.48. The highest BCUT2D eigenvalue weighted by Gasteiger charge is 2.22. The molecule has 7 nitrogen and oxygen atoms in total. The molecule has 1 aliphatic rings. The minimum atomic E-state index is -0.0527. The zero-order valence-electron chi connectivity index (χ0n) is 14.6. The lowest BCUT2D eigenvalue weighted by Crippen LogP contribution is -2.37. The van der Waals surface area contributed by atoms with E-state index in [4.69, 9.17) is 4.42 Å². The van der Waals surface area contributed by atoms with Crippen molar-refractivity contribution in [3.8, 4) is 0 Å². The fourth-order valence-electron chi connectivity index (χ4n) is 3.01. The molecule has 0 atom stereocenters. The predicted molar refractivity (Wildman–Crippen MR) is 89.5 cm³/mol. The van der Waals surface area contributed by atoms with Crippen molar-refractivity contribution in [2.75, 3.05) is 13.1 Å². The normalized spacial score (nSPS) is 17.3. The van der Waals surface area contributed by atoms with Crippen molar-refractivity contribution in [2.24, 2.45) is 5.92 Å². The van der Waals surface area contributed by atoms with Crippen LogP contribution >= 0.6 is 0 Å². The van der Waals surface area contributed by atoms with Crippen LogP contribution in [0.1, 0.15) is 45.2 Å². The SMILES string of the molecule is CC(C)(C)c1ccc(=O)n(CC2CCN(Cc3nnco3)CC2)n1. The largest absolute Gasteiger partial charge is 0.427 e. The van der Waals surface area contributed by atoms with Crippen LogP contribution in [0.2, 0.25) is 0 Å². The molecule has 1 fully saturated rings. The van der Waals surface area contributed by atoms with Crippen molar-refractivity contribution in [2.45, 2.75) is 52.1 Å². The minimum absolute atomic E-state index is 0.0173. The number of nitrogens with zero attached hydrogens (tertiary/aromatic N) is 5. The summed E-state index contributed by atoms with van der Waals surface area (Å²) >= 11 is 0. The Kier molecular flexibility index (Phi) is 4.80. The highest BCUT2D eigenvalue weighted by molar-refractivity contribution is 5.10. The molecule has 0 saturated carbocycles. The standard InChI is InChI=1S/C17H25N5O2/c1-17(2,3)14-4-5-16(23)22(20-14)10-13-6-8-21(9-7-13)11-15-19-18-12-24-15/h4-5,12-13H,6-11H2,1-3H3. The Morgan fingerprint density at radius 2 is 2.00 bits per heavy atom. The van der Waals surface area contributed by atoms with Crippen LogP contribution < -0.4 is 5.56 Å². The molecule has 0 bridgehead atoms. The zero-order chi connectivity index (χ0) is 17.2. The van der Waals surface area contributed by atoms with Gasteiger partial charge in [0.1, 0.15) is 0 Å². The number of aromatic nitrogens is 4. The van der Waals surface area contributed by atoms with Crippen LogP contribution in [-0.4, -0.2) is 38.0 Å². The van der Waals surface area contributed by atoms with Gasteiger partial charge in [0.05, 0.1) is 12.2 Å². The molecular weight excluding hydrogens is 306 g/mol. The molecule has 1 aliphatic heterocycles. The van der Waals surface area contributed by atoms with Crippen LogP contribution in [0.25, 0.3) is 0 Å². The highest BCUT2D eigenvalue weighted by atomic mass is 16.4. The van der Waals surface area contributed by atoms with Crippen molar-refractivity contribution in [3.63, 3.8) is 0 Å². The van der Waals surface area contributed by atoms with Gasteiger partial charge in [-0.15, -0.1) is 10.2 Å². The summed E-state index contributed by atoms with van der Waals surface area (Å²) in [5.41, 5.74) is 0.885. The Labute approximate surface area is 141 Å². The van der Waals surface area contributed by atoms with Gasteiger partial charge in [-0.3, -0.25) is 9.69 Å². The number of hydrogen-bond donors (Lipinski definition) is 0. The summed E-state index contributed by atoms with van der Waals surface area (Å²) in [4.78, 5) is 14.4. The van der Waals surface area contributed by atoms with E-state index in [2.05, 4.69) is 41.0 Å². The quantitative estimate of drug-likeness (QED) is 0.851. The van der Waals surface area contributed by atoms with E-state index in [0.717, 1.165) is 31.6 Å². The predicted octanol–water partition coefficient (Wildman–Crippen LogP) is 1.84. The third kappa shape index (κ3) is 4.08. The molecule has 0 spiro atoms. The molecule has 1 saturated heterocycles.